The summed E-state index contributed by atoms with van der Waals surface area (Å²) in [6, 6.07) is 10.3. The normalized spacial score (nSPS) is 10.6. The van der Waals surface area contributed by atoms with Crippen LogP contribution in [0.2, 0.25) is 0 Å². The SMILES string of the molecule is CCCCC(CC)C(=O)O.Cc1ccccc1.[InH3]. The summed E-state index contributed by atoms with van der Waals surface area (Å²) in [6.45, 7) is 6.09. The van der Waals surface area contributed by atoms with Gasteiger partial charge in [0.25, 0.3) is 0 Å². The fourth-order valence-corrected chi connectivity index (χ4v) is 1.49. The molecule has 0 spiro atoms. The summed E-state index contributed by atoms with van der Waals surface area (Å²) in [6.07, 6.45) is 3.71. The Bertz CT molecular complexity index is 299. The van der Waals surface area contributed by atoms with Crippen LogP contribution in [0.4, 0.5) is 0 Å². The number of rotatable bonds is 5. The molecule has 102 valence electrons. The van der Waals surface area contributed by atoms with Gasteiger partial charge in [0.1, 0.15) is 0 Å². The van der Waals surface area contributed by atoms with E-state index in [0.717, 1.165) is 25.7 Å². The van der Waals surface area contributed by atoms with Crippen molar-refractivity contribution in [2.45, 2.75) is 46.5 Å². The second kappa shape index (κ2) is 13.0. The molecule has 1 rings (SSSR count). The van der Waals surface area contributed by atoms with Gasteiger partial charge in [0, 0.05) is 0 Å². The number of carboxylic acid groups (broad SMARTS) is 1. The summed E-state index contributed by atoms with van der Waals surface area (Å²) in [7, 11) is 0. The maximum absolute atomic E-state index is 10.4. The number of hydrogen-bond donors (Lipinski definition) is 1. The Labute approximate surface area is 130 Å². The molecule has 1 unspecified atom stereocenters. The van der Waals surface area contributed by atoms with Crippen molar-refractivity contribution in [1.82, 2.24) is 0 Å². The van der Waals surface area contributed by atoms with Crippen LogP contribution in [0.1, 0.15) is 45.1 Å². The van der Waals surface area contributed by atoms with E-state index < -0.39 is 5.97 Å². The van der Waals surface area contributed by atoms with Crippen LogP contribution in [0.3, 0.4) is 0 Å². The fourth-order valence-electron chi connectivity index (χ4n) is 1.49. The van der Waals surface area contributed by atoms with Crippen molar-refractivity contribution >= 4 is 31.8 Å². The number of benzene rings is 1. The van der Waals surface area contributed by atoms with Gasteiger partial charge >= 0.3 is 31.8 Å². The van der Waals surface area contributed by atoms with Gasteiger partial charge in [0.05, 0.1) is 5.92 Å². The van der Waals surface area contributed by atoms with Gasteiger partial charge in [-0.3, -0.25) is 4.79 Å². The first-order valence-electron chi connectivity index (χ1n) is 6.36. The van der Waals surface area contributed by atoms with Gasteiger partial charge < -0.3 is 5.11 Å². The maximum atomic E-state index is 10.4. The summed E-state index contributed by atoms with van der Waals surface area (Å²) in [5, 5.41) is 8.60. The molecular formula is C15H27InO2. The van der Waals surface area contributed by atoms with Crippen LogP contribution >= 0.6 is 0 Å². The summed E-state index contributed by atoms with van der Waals surface area (Å²) >= 11 is 0. The number of carbonyl (C=O) groups is 1. The molecule has 1 atom stereocenters. The molecule has 0 aliphatic heterocycles. The van der Waals surface area contributed by atoms with E-state index in [4.69, 9.17) is 5.11 Å². The van der Waals surface area contributed by atoms with Crippen molar-refractivity contribution in [2.75, 3.05) is 0 Å². The molecule has 0 bridgehead atoms. The quantitative estimate of drug-likeness (QED) is 0.882. The van der Waals surface area contributed by atoms with Gasteiger partial charge in [0.2, 0.25) is 0 Å². The van der Waals surface area contributed by atoms with E-state index in [1.165, 1.54) is 5.56 Å². The Morgan fingerprint density at radius 1 is 1.22 bits per heavy atom. The molecule has 0 heterocycles. The summed E-state index contributed by atoms with van der Waals surface area (Å²) in [4.78, 5) is 10.4. The van der Waals surface area contributed by atoms with Gasteiger partial charge in [-0.05, 0) is 19.8 Å². The molecule has 0 fully saturated rings. The predicted molar refractivity (Wildman–Crippen MR) is 82.1 cm³/mol. The van der Waals surface area contributed by atoms with E-state index in [9.17, 15) is 4.79 Å². The van der Waals surface area contributed by atoms with Crippen molar-refractivity contribution in [3.05, 3.63) is 35.9 Å². The van der Waals surface area contributed by atoms with Crippen LogP contribution in [0.5, 0.6) is 0 Å². The minimum atomic E-state index is -0.643. The molecule has 1 aromatic carbocycles. The molecule has 0 saturated heterocycles. The van der Waals surface area contributed by atoms with Crippen LogP contribution < -0.4 is 0 Å². The minimum absolute atomic E-state index is 0. The van der Waals surface area contributed by atoms with Crippen LogP contribution in [0.15, 0.2) is 30.3 Å². The van der Waals surface area contributed by atoms with Crippen molar-refractivity contribution in [3.63, 3.8) is 0 Å². The van der Waals surface area contributed by atoms with Crippen molar-refractivity contribution in [1.29, 1.82) is 0 Å². The fraction of sp³-hybridized carbons (Fsp3) is 0.533. The number of hydrogen-bond acceptors (Lipinski definition) is 1. The molecule has 2 nitrogen and oxygen atoms in total. The zero-order chi connectivity index (χ0) is 13.1. The molecule has 0 aliphatic rings. The predicted octanol–water partition coefficient (Wildman–Crippen LogP) is 3.10. The van der Waals surface area contributed by atoms with Crippen LogP contribution in [-0.4, -0.2) is 36.9 Å². The molecule has 18 heavy (non-hydrogen) atoms. The second-order valence-electron chi connectivity index (χ2n) is 4.24. The summed E-state index contributed by atoms with van der Waals surface area (Å²) in [5.41, 5.74) is 1.32. The van der Waals surface area contributed by atoms with Crippen molar-refractivity contribution < 1.29 is 9.90 Å². The average Bonchev–Trinajstić information content (AvgIpc) is 2.31. The van der Waals surface area contributed by atoms with E-state index in [-0.39, 0.29) is 31.8 Å². The number of aliphatic carboxylic acids is 1. The number of unbranched alkanes of at least 4 members (excludes halogenated alkanes) is 1. The first-order chi connectivity index (χ1) is 8.11. The average molecular weight is 354 g/mol. The topological polar surface area (TPSA) is 37.3 Å². The van der Waals surface area contributed by atoms with Gasteiger partial charge in [-0.2, -0.15) is 0 Å². The Morgan fingerprint density at radius 3 is 2.06 bits per heavy atom. The van der Waals surface area contributed by atoms with E-state index in [2.05, 4.69) is 26.0 Å². The van der Waals surface area contributed by atoms with Gasteiger partial charge in [-0.15, -0.1) is 0 Å². The molecule has 0 radical (unpaired) electrons. The first-order valence-corrected chi connectivity index (χ1v) is 6.36. The summed E-state index contributed by atoms with van der Waals surface area (Å²) in [5.74, 6) is -0.754. The number of aryl methyl sites for hydroxylation is 1. The molecule has 1 aromatic rings. The molecule has 0 aliphatic carbocycles. The van der Waals surface area contributed by atoms with E-state index in [1.54, 1.807) is 0 Å². The van der Waals surface area contributed by atoms with Gasteiger partial charge in [-0.25, -0.2) is 0 Å². The Kier molecular flexibility index (Phi) is 14.4. The second-order valence-corrected chi connectivity index (χ2v) is 4.24. The summed E-state index contributed by atoms with van der Waals surface area (Å²) < 4.78 is 0. The standard InChI is InChI=1S/C8H16O2.C7H8.In.3H/c1-3-5-6-7(4-2)8(9)10;1-7-5-3-2-4-6-7;;;;/h7H,3-6H2,1-2H3,(H,9,10);2-6H,1H3;;;;. The number of carboxylic acids is 1. The van der Waals surface area contributed by atoms with Crippen LogP contribution in [0, 0.1) is 12.8 Å². The third-order valence-corrected chi connectivity index (χ3v) is 2.69. The zero-order valence-electron chi connectivity index (χ0n) is 11.1. The van der Waals surface area contributed by atoms with Crippen molar-refractivity contribution in [2.24, 2.45) is 5.92 Å². The molecule has 3 heteroatoms. The molecular weight excluding hydrogens is 327 g/mol. The van der Waals surface area contributed by atoms with Gasteiger partial charge in [0.15, 0.2) is 0 Å². The third kappa shape index (κ3) is 10.7. The Hall–Kier alpha value is -0.440. The molecule has 0 aromatic heterocycles. The van der Waals surface area contributed by atoms with E-state index in [1.807, 2.05) is 25.1 Å². The molecule has 0 amide bonds. The van der Waals surface area contributed by atoms with Crippen molar-refractivity contribution in [3.8, 4) is 0 Å². The van der Waals surface area contributed by atoms with Crippen LogP contribution in [-0.2, 0) is 4.79 Å². The van der Waals surface area contributed by atoms with Gasteiger partial charge in [-0.1, -0.05) is 62.6 Å². The third-order valence-electron chi connectivity index (χ3n) is 2.69. The first kappa shape index (κ1) is 19.9. The Balaban J connectivity index is 0. The zero-order valence-corrected chi connectivity index (χ0v) is 11.1. The molecule has 0 saturated carbocycles. The van der Waals surface area contributed by atoms with E-state index in [0.29, 0.717) is 0 Å². The molecule has 1 N–H and O–H groups in total. The van der Waals surface area contributed by atoms with Crippen LogP contribution in [0.25, 0.3) is 0 Å². The monoisotopic (exact) mass is 354 g/mol. The van der Waals surface area contributed by atoms with E-state index >= 15 is 0 Å². The Morgan fingerprint density at radius 2 is 1.78 bits per heavy atom.